The van der Waals surface area contributed by atoms with Gasteiger partial charge in [-0.1, -0.05) is 30.3 Å². The fraction of sp³-hybridized carbons (Fsp3) is 0.240. The Morgan fingerprint density at radius 1 is 0.941 bits per heavy atom. The zero-order valence-corrected chi connectivity index (χ0v) is 19.6. The number of rotatable bonds is 7. The van der Waals surface area contributed by atoms with Crippen LogP contribution in [0.3, 0.4) is 0 Å². The topological polar surface area (TPSA) is 78.9 Å². The number of carbonyl (C=O) groups is 1. The van der Waals surface area contributed by atoms with Gasteiger partial charge in [0.1, 0.15) is 11.6 Å². The van der Waals surface area contributed by atoms with E-state index < -0.39 is 10.0 Å². The maximum atomic E-state index is 14.0. The first-order chi connectivity index (χ1) is 16.3. The molecule has 0 bridgehead atoms. The summed E-state index contributed by atoms with van der Waals surface area (Å²) in [6.45, 7) is 3.68. The Morgan fingerprint density at radius 3 is 2.26 bits per heavy atom. The minimum atomic E-state index is -3.74. The average Bonchev–Trinajstić information content (AvgIpc) is 2.84. The number of aryl methyl sites for hydroxylation is 1. The zero-order valence-electron chi connectivity index (χ0n) is 18.8. The van der Waals surface area contributed by atoms with Gasteiger partial charge in [0.25, 0.3) is 15.9 Å². The number of nitrogens with zero attached hydrogens (tertiary/aromatic N) is 2. The Kier molecular flexibility index (Phi) is 7.02. The zero-order chi connectivity index (χ0) is 24.1. The minimum absolute atomic E-state index is 0.0960. The molecule has 1 N–H and O–H groups in total. The summed E-state index contributed by atoms with van der Waals surface area (Å²) in [4.78, 5) is 16.2. The van der Waals surface area contributed by atoms with Crippen LogP contribution in [0.5, 0.6) is 5.75 Å². The highest BCUT2D eigenvalue weighted by atomic mass is 32.2. The van der Waals surface area contributed by atoms with Crippen molar-refractivity contribution in [3.8, 4) is 5.75 Å². The van der Waals surface area contributed by atoms with Crippen LogP contribution in [-0.4, -0.2) is 52.0 Å². The first-order valence-electron chi connectivity index (χ1n) is 10.9. The van der Waals surface area contributed by atoms with E-state index in [1.807, 2.05) is 24.0 Å². The maximum Gasteiger partial charge on any atom is 0.261 e. The van der Waals surface area contributed by atoms with E-state index in [2.05, 4.69) is 4.72 Å². The van der Waals surface area contributed by atoms with Gasteiger partial charge < -0.3 is 14.5 Å². The number of piperazine rings is 1. The smallest absolute Gasteiger partial charge is 0.261 e. The second-order valence-electron chi connectivity index (χ2n) is 8.00. The predicted octanol–water partition coefficient (Wildman–Crippen LogP) is 3.66. The molecule has 3 aromatic rings. The number of benzene rings is 3. The van der Waals surface area contributed by atoms with Crippen LogP contribution >= 0.6 is 0 Å². The van der Waals surface area contributed by atoms with E-state index in [1.54, 1.807) is 35.2 Å². The van der Waals surface area contributed by atoms with Crippen molar-refractivity contribution in [1.29, 1.82) is 0 Å². The lowest BCUT2D eigenvalue weighted by atomic mass is 10.2. The molecule has 0 atom stereocenters. The number of para-hydroxylation sites is 2. The van der Waals surface area contributed by atoms with Crippen LogP contribution in [0.4, 0.5) is 15.8 Å². The van der Waals surface area contributed by atoms with Gasteiger partial charge in [-0.05, 0) is 55.0 Å². The van der Waals surface area contributed by atoms with Gasteiger partial charge in [0, 0.05) is 26.2 Å². The summed E-state index contributed by atoms with van der Waals surface area (Å²) in [5, 5.41) is 0. The second-order valence-corrected chi connectivity index (χ2v) is 9.68. The van der Waals surface area contributed by atoms with Crippen molar-refractivity contribution in [2.45, 2.75) is 11.8 Å². The highest BCUT2D eigenvalue weighted by Crippen LogP contribution is 2.22. The highest BCUT2D eigenvalue weighted by Gasteiger charge is 2.23. The van der Waals surface area contributed by atoms with E-state index in [0.29, 0.717) is 43.3 Å². The standard InChI is InChI=1S/C25H26FN3O4S/c1-19-6-2-4-8-23(19)27-34(31,32)21-12-10-20(11-13-21)33-18-25(30)29-16-14-28(15-17-29)24-9-5-3-7-22(24)26/h2-13,27H,14-18H2,1H3. The Morgan fingerprint density at radius 2 is 1.59 bits per heavy atom. The van der Waals surface area contributed by atoms with Gasteiger partial charge in [0.2, 0.25) is 0 Å². The van der Waals surface area contributed by atoms with Crippen LogP contribution in [0, 0.1) is 12.7 Å². The Balaban J connectivity index is 1.29. The summed E-state index contributed by atoms with van der Waals surface area (Å²) < 4.78 is 47.4. The summed E-state index contributed by atoms with van der Waals surface area (Å²) in [7, 11) is -3.74. The lowest BCUT2D eigenvalue weighted by Gasteiger charge is -2.36. The lowest BCUT2D eigenvalue weighted by Crippen LogP contribution is -2.50. The summed E-state index contributed by atoms with van der Waals surface area (Å²) in [5.41, 5.74) is 1.88. The van der Waals surface area contributed by atoms with Crippen molar-refractivity contribution in [2.75, 3.05) is 42.4 Å². The van der Waals surface area contributed by atoms with Gasteiger partial charge in [-0.2, -0.15) is 0 Å². The van der Waals surface area contributed by atoms with Gasteiger partial charge >= 0.3 is 0 Å². The quantitative estimate of drug-likeness (QED) is 0.555. The van der Waals surface area contributed by atoms with Gasteiger partial charge in [-0.25, -0.2) is 12.8 Å². The molecule has 1 amide bonds. The molecule has 3 aromatic carbocycles. The number of halogens is 1. The summed E-state index contributed by atoms with van der Waals surface area (Å²) in [6, 6.07) is 19.6. The van der Waals surface area contributed by atoms with Crippen LogP contribution < -0.4 is 14.4 Å². The molecular formula is C25H26FN3O4S. The average molecular weight is 484 g/mol. The molecule has 1 heterocycles. The van der Waals surface area contributed by atoms with Gasteiger partial charge in [0.15, 0.2) is 6.61 Å². The molecule has 0 radical (unpaired) electrons. The molecule has 1 saturated heterocycles. The molecule has 1 aliphatic rings. The number of amides is 1. The largest absolute Gasteiger partial charge is 0.484 e. The third-order valence-corrected chi connectivity index (χ3v) is 7.09. The molecule has 0 saturated carbocycles. The molecule has 178 valence electrons. The number of ether oxygens (including phenoxy) is 1. The van der Waals surface area contributed by atoms with Crippen molar-refractivity contribution in [1.82, 2.24) is 4.90 Å². The predicted molar refractivity (Wildman–Crippen MR) is 129 cm³/mol. The molecule has 4 rings (SSSR count). The first-order valence-corrected chi connectivity index (χ1v) is 12.4. The van der Waals surface area contributed by atoms with E-state index in [-0.39, 0.29) is 23.2 Å². The van der Waals surface area contributed by atoms with Crippen molar-refractivity contribution >= 4 is 27.3 Å². The molecule has 0 unspecified atom stereocenters. The van der Waals surface area contributed by atoms with Crippen LogP contribution in [0.15, 0.2) is 77.7 Å². The Hall–Kier alpha value is -3.59. The van der Waals surface area contributed by atoms with Crippen LogP contribution in [0.25, 0.3) is 0 Å². The number of hydrogen-bond donors (Lipinski definition) is 1. The van der Waals surface area contributed by atoms with Crippen molar-refractivity contribution in [3.63, 3.8) is 0 Å². The van der Waals surface area contributed by atoms with Crippen molar-refractivity contribution < 1.29 is 22.3 Å². The molecule has 0 aliphatic carbocycles. The minimum Gasteiger partial charge on any atom is -0.484 e. The highest BCUT2D eigenvalue weighted by molar-refractivity contribution is 7.92. The third-order valence-electron chi connectivity index (χ3n) is 5.71. The van der Waals surface area contributed by atoms with E-state index in [4.69, 9.17) is 4.74 Å². The Bertz CT molecular complexity index is 1260. The fourth-order valence-electron chi connectivity index (χ4n) is 3.75. The molecule has 1 aliphatic heterocycles. The van der Waals surface area contributed by atoms with Crippen LogP contribution in [0.1, 0.15) is 5.56 Å². The number of nitrogens with one attached hydrogen (secondary N) is 1. The molecule has 1 fully saturated rings. The number of carbonyl (C=O) groups excluding carboxylic acids is 1. The number of hydrogen-bond acceptors (Lipinski definition) is 5. The van der Waals surface area contributed by atoms with Crippen molar-refractivity contribution in [2.24, 2.45) is 0 Å². The normalized spacial score (nSPS) is 14.1. The fourth-order valence-corrected chi connectivity index (χ4v) is 4.88. The molecule has 9 heteroatoms. The number of sulfonamides is 1. The van der Waals surface area contributed by atoms with Crippen molar-refractivity contribution in [3.05, 3.63) is 84.2 Å². The van der Waals surface area contributed by atoms with Gasteiger partial charge in [-0.3, -0.25) is 9.52 Å². The third kappa shape index (κ3) is 5.48. The molecule has 0 spiro atoms. The van der Waals surface area contributed by atoms with Gasteiger partial charge in [0.05, 0.1) is 16.3 Å². The molecule has 7 nitrogen and oxygen atoms in total. The summed E-state index contributed by atoms with van der Waals surface area (Å²) in [6.07, 6.45) is 0. The second kappa shape index (κ2) is 10.1. The lowest BCUT2D eigenvalue weighted by molar-refractivity contribution is -0.133. The monoisotopic (exact) mass is 483 g/mol. The van der Waals surface area contributed by atoms with E-state index in [0.717, 1.165) is 5.56 Å². The maximum absolute atomic E-state index is 14.0. The van der Waals surface area contributed by atoms with E-state index in [1.165, 1.54) is 30.3 Å². The van der Waals surface area contributed by atoms with E-state index >= 15 is 0 Å². The Labute approximate surface area is 198 Å². The summed E-state index contributed by atoms with van der Waals surface area (Å²) in [5.74, 6) is -0.0514. The van der Waals surface area contributed by atoms with Crippen LogP contribution in [0.2, 0.25) is 0 Å². The molecule has 34 heavy (non-hydrogen) atoms. The van der Waals surface area contributed by atoms with Gasteiger partial charge in [-0.15, -0.1) is 0 Å². The number of anilines is 2. The SMILES string of the molecule is Cc1ccccc1NS(=O)(=O)c1ccc(OCC(=O)N2CCN(c3ccccc3F)CC2)cc1. The van der Waals surface area contributed by atoms with E-state index in [9.17, 15) is 17.6 Å². The van der Waals surface area contributed by atoms with Crippen LogP contribution in [-0.2, 0) is 14.8 Å². The first kappa shape index (κ1) is 23.6. The summed E-state index contributed by atoms with van der Waals surface area (Å²) >= 11 is 0. The molecular weight excluding hydrogens is 457 g/mol. The molecule has 0 aromatic heterocycles.